The second-order valence-electron chi connectivity index (χ2n) is 9.73. The van der Waals surface area contributed by atoms with E-state index in [1.54, 1.807) is 0 Å². The highest BCUT2D eigenvalue weighted by atomic mass is 35.5. The van der Waals surface area contributed by atoms with Gasteiger partial charge in [0, 0.05) is 5.03 Å². The number of fused-ring (bicyclic) bond motifs is 3. The van der Waals surface area contributed by atoms with Crippen molar-refractivity contribution in [3.05, 3.63) is 70.3 Å². The van der Waals surface area contributed by atoms with Gasteiger partial charge < -0.3 is 4.74 Å². The lowest BCUT2D eigenvalue weighted by Crippen LogP contribution is -2.29. The van der Waals surface area contributed by atoms with Crippen LogP contribution >= 0.6 is 11.6 Å². The van der Waals surface area contributed by atoms with Crippen LogP contribution in [0.25, 0.3) is 11.1 Å². The minimum absolute atomic E-state index is 0.157. The zero-order valence-corrected chi connectivity index (χ0v) is 19.6. The zero-order chi connectivity index (χ0) is 23.8. The van der Waals surface area contributed by atoms with Crippen molar-refractivity contribution in [2.75, 3.05) is 20.0 Å². The summed E-state index contributed by atoms with van der Waals surface area (Å²) in [6, 6.07) is 14.4. The second-order valence-corrected chi connectivity index (χ2v) is 10.1. The van der Waals surface area contributed by atoms with Gasteiger partial charge in [0.05, 0.1) is 11.3 Å². The fraction of sp³-hybridized carbons (Fsp3) is 0.444. The van der Waals surface area contributed by atoms with Crippen LogP contribution in [0, 0.1) is 22.7 Å². The predicted molar refractivity (Wildman–Crippen MR) is 124 cm³/mol. The van der Waals surface area contributed by atoms with Crippen molar-refractivity contribution < 1.29 is 22.7 Å². The fourth-order valence-electron chi connectivity index (χ4n) is 4.89. The van der Waals surface area contributed by atoms with E-state index < -0.39 is 36.8 Å². The van der Waals surface area contributed by atoms with Gasteiger partial charge in [0.15, 0.2) is 0 Å². The average Bonchev–Trinajstić information content (AvgIpc) is 3.38. The molecule has 6 heteroatoms. The molecule has 176 valence electrons. The fourth-order valence-corrected chi connectivity index (χ4v) is 5.18. The lowest BCUT2D eigenvalue weighted by atomic mass is 9.83. The lowest BCUT2D eigenvalue weighted by Gasteiger charge is -2.23. The molecule has 2 aliphatic carbocycles. The topological polar surface area (TPSA) is 26.3 Å². The third kappa shape index (κ3) is 4.21. The Hall–Kier alpha value is -2.27. The number of halogens is 4. The molecule has 0 bridgehead atoms. The molecule has 2 aliphatic rings. The summed E-state index contributed by atoms with van der Waals surface area (Å²) < 4.78 is 45.7. The van der Waals surface area contributed by atoms with Crippen molar-refractivity contribution >= 4 is 17.6 Å². The van der Waals surface area contributed by atoms with Crippen LogP contribution in [0.5, 0.6) is 0 Å². The molecule has 0 aliphatic heterocycles. The Balaban J connectivity index is 1.48. The Labute approximate surface area is 197 Å². The van der Waals surface area contributed by atoms with Gasteiger partial charge in [0.25, 0.3) is 0 Å². The van der Waals surface area contributed by atoms with Crippen molar-refractivity contribution in [3.8, 4) is 11.1 Å². The first-order valence-corrected chi connectivity index (χ1v) is 11.6. The van der Waals surface area contributed by atoms with Gasteiger partial charge in [-0.2, -0.15) is 0 Å². The minimum Gasteiger partial charge on any atom is -0.461 e. The van der Waals surface area contributed by atoms with Gasteiger partial charge >= 0.3 is 5.97 Å². The second kappa shape index (κ2) is 9.17. The summed E-state index contributed by atoms with van der Waals surface area (Å²) in [5.41, 5.74) is 3.41. The first-order valence-electron chi connectivity index (χ1n) is 11.2. The Morgan fingerprint density at radius 3 is 2.42 bits per heavy atom. The molecule has 2 nitrogen and oxygen atoms in total. The summed E-state index contributed by atoms with van der Waals surface area (Å²) in [4.78, 5) is 12.9. The van der Waals surface area contributed by atoms with E-state index in [1.807, 2.05) is 38.1 Å². The van der Waals surface area contributed by atoms with Crippen molar-refractivity contribution in [1.29, 1.82) is 0 Å². The van der Waals surface area contributed by atoms with Crippen molar-refractivity contribution in [3.63, 3.8) is 0 Å². The van der Waals surface area contributed by atoms with E-state index in [9.17, 15) is 18.0 Å². The molecule has 0 heterocycles. The number of esters is 1. The predicted octanol–water partition coefficient (Wildman–Crippen LogP) is 6.79. The van der Waals surface area contributed by atoms with E-state index in [0.717, 1.165) is 18.4 Å². The maximum atomic E-state index is 13.3. The standard InChI is InChI=1S/C27H28ClF3O2/c1-26(2)22(12-23(28)27(14-29,15-30)16-31)24(26)25(32)33-13-18-7-5-9-21-19-8-4-3-6-17(19)10-11-20(18)21/h3-9,12,22,24H,10-11,13-16H2,1-2H3/t22-,24-/m1/s1. The molecule has 0 saturated heterocycles. The zero-order valence-electron chi connectivity index (χ0n) is 18.8. The van der Waals surface area contributed by atoms with Gasteiger partial charge in [-0.1, -0.05) is 74.0 Å². The number of hydrogen-bond donors (Lipinski definition) is 0. The molecule has 0 radical (unpaired) electrons. The normalized spacial score (nSPS) is 21.2. The summed E-state index contributed by atoms with van der Waals surface area (Å²) in [6.45, 7) is 0.186. The first-order chi connectivity index (χ1) is 15.8. The molecule has 0 N–H and O–H groups in total. The Kier molecular flexibility index (Phi) is 6.63. The number of carbonyl (C=O) groups is 1. The SMILES string of the molecule is CC1(C)[C@H](C=C(Cl)C(CF)(CF)CF)[C@@H]1C(=O)OCc1cccc2c1CCc1ccccc1-2. The van der Waals surface area contributed by atoms with Gasteiger partial charge in [-0.05, 0) is 52.0 Å². The Morgan fingerprint density at radius 1 is 1.06 bits per heavy atom. The summed E-state index contributed by atoms with van der Waals surface area (Å²) in [5.74, 6) is -1.24. The molecule has 4 rings (SSSR count). The average molecular weight is 477 g/mol. The Bertz CT molecular complexity index is 1070. The first kappa shape index (κ1) is 23.9. The quantitative estimate of drug-likeness (QED) is 0.392. The smallest absolute Gasteiger partial charge is 0.310 e. The van der Waals surface area contributed by atoms with Crippen molar-refractivity contribution in [2.24, 2.45) is 22.7 Å². The number of rotatable bonds is 8. The number of allylic oxidation sites excluding steroid dienone is 2. The maximum Gasteiger partial charge on any atom is 0.310 e. The third-order valence-electron chi connectivity index (χ3n) is 7.36. The number of alkyl halides is 3. The number of benzene rings is 2. The highest BCUT2D eigenvalue weighted by Gasteiger charge is 2.62. The van der Waals surface area contributed by atoms with Gasteiger partial charge in [-0.25, -0.2) is 13.2 Å². The number of ether oxygens (including phenoxy) is 1. The number of carbonyl (C=O) groups excluding carboxylic acids is 1. The minimum atomic E-state index is -1.98. The lowest BCUT2D eigenvalue weighted by molar-refractivity contribution is -0.147. The van der Waals surface area contributed by atoms with Crippen LogP contribution in [-0.2, 0) is 29.0 Å². The van der Waals surface area contributed by atoms with Crippen molar-refractivity contribution in [1.82, 2.24) is 0 Å². The number of aryl methyl sites for hydroxylation is 1. The molecule has 1 saturated carbocycles. The summed E-state index contributed by atoms with van der Waals surface area (Å²) in [7, 11) is 0. The molecule has 1 fully saturated rings. The molecule has 2 aromatic rings. The van der Waals surface area contributed by atoms with Gasteiger partial charge in [0.1, 0.15) is 26.6 Å². The molecular weight excluding hydrogens is 449 g/mol. The van der Waals surface area contributed by atoms with Crippen LogP contribution < -0.4 is 0 Å². The van der Waals surface area contributed by atoms with Crippen molar-refractivity contribution in [2.45, 2.75) is 33.3 Å². The Morgan fingerprint density at radius 2 is 1.73 bits per heavy atom. The molecule has 0 amide bonds. The molecular formula is C27H28ClF3O2. The molecule has 2 atom stereocenters. The molecule has 2 aromatic carbocycles. The van der Waals surface area contributed by atoms with Crippen LogP contribution in [0.3, 0.4) is 0 Å². The summed E-state index contributed by atoms with van der Waals surface area (Å²) in [5, 5.41) is -0.209. The van der Waals surface area contributed by atoms with Crippen LogP contribution in [0.2, 0.25) is 0 Å². The maximum absolute atomic E-state index is 13.3. The van der Waals surface area contributed by atoms with E-state index in [0.29, 0.717) is 0 Å². The number of hydrogen-bond acceptors (Lipinski definition) is 2. The van der Waals surface area contributed by atoms with Crippen LogP contribution in [0.4, 0.5) is 13.2 Å². The van der Waals surface area contributed by atoms with Gasteiger partial charge in [0.2, 0.25) is 0 Å². The van der Waals surface area contributed by atoms with E-state index in [4.69, 9.17) is 16.3 Å². The van der Waals surface area contributed by atoms with E-state index >= 15 is 0 Å². The molecule has 0 unspecified atom stereocenters. The molecule has 33 heavy (non-hydrogen) atoms. The van der Waals surface area contributed by atoms with Gasteiger partial charge in [-0.3, -0.25) is 4.79 Å². The summed E-state index contributed by atoms with van der Waals surface area (Å²) >= 11 is 6.12. The summed E-state index contributed by atoms with van der Waals surface area (Å²) in [6.07, 6.45) is 3.26. The van der Waals surface area contributed by atoms with E-state index in [-0.39, 0.29) is 23.5 Å². The highest BCUT2D eigenvalue weighted by molar-refractivity contribution is 6.30. The molecule has 0 spiro atoms. The van der Waals surface area contributed by atoms with Crippen LogP contribution in [0.1, 0.15) is 30.5 Å². The van der Waals surface area contributed by atoms with E-state index in [2.05, 4.69) is 18.2 Å². The van der Waals surface area contributed by atoms with Crippen LogP contribution in [0.15, 0.2) is 53.6 Å². The van der Waals surface area contributed by atoms with Gasteiger partial charge in [-0.15, -0.1) is 0 Å². The monoisotopic (exact) mass is 476 g/mol. The highest BCUT2D eigenvalue weighted by Crippen LogP contribution is 2.60. The largest absolute Gasteiger partial charge is 0.461 e. The molecule has 0 aromatic heterocycles. The van der Waals surface area contributed by atoms with E-state index in [1.165, 1.54) is 28.3 Å². The van der Waals surface area contributed by atoms with Crippen LogP contribution in [-0.4, -0.2) is 26.0 Å². The third-order valence-corrected chi connectivity index (χ3v) is 7.89.